The second-order valence-corrected chi connectivity index (χ2v) is 16.6. The van der Waals surface area contributed by atoms with Gasteiger partial charge in [-0.25, -0.2) is 4.98 Å². The minimum absolute atomic E-state index is 0.446. The molecule has 0 aliphatic heterocycles. The Labute approximate surface area is 207 Å². The summed E-state index contributed by atoms with van der Waals surface area (Å²) in [5.41, 5.74) is 11.5. The van der Waals surface area contributed by atoms with Crippen molar-refractivity contribution in [1.82, 2.24) is 4.98 Å². The number of pyridine rings is 1. The molecule has 2 heteroatoms. The van der Waals surface area contributed by atoms with Gasteiger partial charge in [-0.15, -0.1) is 0 Å². The Morgan fingerprint density at radius 1 is 0.706 bits per heavy atom. The molecule has 0 unspecified atom stereocenters. The topological polar surface area (TPSA) is 12.9 Å². The lowest BCUT2D eigenvalue weighted by atomic mass is 9.83. The van der Waals surface area contributed by atoms with E-state index < -0.39 is 8.07 Å². The number of nitrogens with zero attached hydrogens (tertiary/aromatic N) is 1. The van der Waals surface area contributed by atoms with Gasteiger partial charge in [-0.1, -0.05) is 100 Å². The maximum absolute atomic E-state index is 5.20. The van der Waals surface area contributed by atoms with Gasteiger partial charge in [-0.05, 0) is 72.2 Å². The van der Waals surface area contributed by atoms with Gasteiger partial charge in [0.25, 0.3) is 0 Å². The summed E-state index contributed by atoms with van der Waals surface area (Å²) in [4.78, 5) is 5.20. The van der Waals surface area contributed by atoms with Gasteiger partial charge in [-0.3, -0.25) is 0 Å². The highest BCUT2D eigenvalue weighted by Crippen LogP contribution is 2.40. The zero-order valence-corrected chi connectivity index (χ0v) is 23.4. The zero-order chi connectivity index (χ0) is 24.8. The third kappa shape index (κ3) is 4.74. The molecule has 4 rings (SSSR count). The van der Waals surface area contributed by atoms with E-state index in [0.29, 0.717) is 11.8 Å². The molecule has 1 nitrogen and oxygen atoms in total. The second-order valence-electron chi connectivity index (χ2n) is 11.5. The van der Waals surface area contributed by atoms with Crippen LogP contribution in [-0.4, -0.2) is 13.1 Å². The first-order valence-corrected chi connectivity index (χ1v) is 16.1. The summed E-state index contributed by atoms with van der Waals surface area (Å²) in [7, 11) is -1.47. The van der Waals surface area contributed by atoms with Gasteiger partial charge in [-0.2, -0.15) is 0 Å². The van der Waals surface area contributed by atoms with Crippen molar-refractivity contribution < 1.29 is 0 Å². The molecule has 0 atom stereocenters. The molecule has 0 aliphatic carbocycles. The Balaban J connectivity index is 2.15. The fourth-order valence-electron chi connectivity index (χ4n) is 5.03. The van der Waals surface area contributed by atoms with Gasteiger partial charge < -0.3 is 0 Å². The molecule has 1 heterocycles. The molecule has 34 heavy (non-hydrogen) atoms. The molecule has 0 bridgehead atoms. The van der Waals surface area contributed by atoms with Gasteiger partial charge in [0.1, 0.15) is 0 Å². The van der Waals surface area contributed by atoms with E-state index in [1.54, 1.807) is 0 Å². The van der Waals surface area contributed by atoms with Crippen LogP contribution in [0.15, 0.2) is 60.7 Å². The van der Waals surface area contributed by atoms with Crippen LogP contribution in [0.1, 0.15) is 61.8 Å². The molecule has 3 aromatic carbocycles. The van der Waals surface area contributed by atoms with Gasteiger partial charge in [0.05, 0.1) is 19.3 Å². The predicted molar refractivity (Wildman–Crippen MR) is 153 cm³/mol. The maximum Gasteiger partial charge on any atom is 0.0776 e. The zero-order valence-electron chi connectivity index (χ0n) is 22.4. The van der Waals surface area contributed by atoms with Crippen molar-refractivity contribution in [3.05, 3.63) is 82.9 Å². The van der Waals surface area contributed by atoms with E-state index in [9.17, 15) is 0 Å². The summed E-state index contributed by atoms with van der Waals surface area (Å²) in [6.45, 7) is 20.9. The molecule has 4 aromatic rings. The molecular formula is C32H39NSi. The number of hydrogen-bond acceptors (Lipinski definition) is 1. The second kappa shape index (κ2) is 9.15. The third-order valence-corrected chi connectivity index (χ3v) is 8.88. The van der Waals surface area contributed by atoms with Crippen LogP contribution in [0.3, 0.4) is 0 Å². The summed E-state index contributed by atoms with van der Waals surface area (Å²) in [5.74, 6) is 0.892. The van der Waals surface area contributed by atoms with E-state index in [2.05, 4.69) is 122 Å². The van der Waals surface area contributed by atoms with Crippen LogP contribution in [0.25, 0.3) is 33.3 Å². The van der Waals surface area contributed by atoms with Crippen molar-refractivity contribution in [3.8, 4) is 22.4 Å². The quantitative estimate of drug-likeness (QED) is 0.268. The lowest BCUT2D eigenvalue weighted by molar-refractivity contribution is 0.838. The molecule has 0 N–H and O–H groups in total. The Bertz CT molecular complexity index is 1310. The molecule has 0 radical (unpaired) electrons. The highest BCUT2D eigenvalue weighted by molar-refractivity contribution is 6.88. The molecule has 0 spiro atoms. The average molecular weight is 466 g/mol. The first kappa shape index (κ1) is 24.4. The summed E-state index contributed by atoms with van der Waals surface area (Å²) < 4.78 is 0. The van der Waals surface area contributed by atoms with E-state index in [4.69, 9.17) is 4.98 Å². The molecule has 0 amide bonds. The fraction of sp³-hybridized carbons (Fsp3) is 0.344. The van der Waals surface area contributed by atoms with Crippen LogP contribution < -0.4 is 5.19 Å². The van der Waals surface area contributed by atoms with E-state index in [1.165, 1.54) is 49.5 Å². The number of rotatable bonds is 5. The van der Waals surface area contributed by atoms with Crippen molar-refractivity contribution in [2.75, 3.05) is 0 Å². The molecular weight excluding hydrogens is 426 g/mol. The normalized spacial score (nSPS) is 12.2. The highest BCUT2D eigenvalue weighted by atomic mass is 28.3. The molecule has 0 saturated carbocycles. The van der Waals surface area contributed by atoms with Gasteiger partial charge in [0, 0.05) is 10.9 Å². The van der Waals surface area contributed by atoms with E-state index in [-0.39, 0.29) is 0 Å². The Morgan fingerprint density at radius 2 is 1.29 bits per heavy atom. The number of fused-ring (bicyclic) bond motifs is 1. The number of benzene rings is 3. The van der Waals surface area contributed by atoms with Gasteiger partial charge >= 0.3 is 0 Å². The van der Waals surface area contributed by atoms with Crippen molar-refractivity contribution in [2.45, 2.75) is 73.0 Å². The molecule has 0 aliphatic rings. The Morgan fingerprint density at radius 3 is 1.82 bits per heavy atom. The predicted octanol–water partition coefficient (Wildman–Crippen LogP) is 8.98. The minimum Gasteiger partial charge on any atom is -0.248 e. The SMILES string of the molecule is Cc1cc(C)cc(-c2cc(-c3c(C(C)C)cccc3C(C)C)c3cc([Si](C)(C)C)ccc3n2)c1. The van der Waals surface area contributed by atoms with Crippen molar-refractivity contribution >= 4 is 24.2 Å². The largest absolute Gasteiger partial charge is 0.248 e. The first-order valence-electron chi connectivity index (χ1n) is 12.6. The number of hydrogen-bond donors (Lipinski definition) is 0. The third-order valence-electron chi connectivity index (χ3n) is 6.83. The molecule has 176 valence electrons. The van der Waals surface area contributed by atoms with E-state index in [0.717, 1.165) is 11.2 Å². The Hall–Kier alpha value is -2.71. The Kier molecular flexibility index (Phi) is 6.57. The monoisotopic (exact) mass is 465 g/mol. The first-order chi connectivity index (χ1) is 16.0. The standard InChI is InChI=1S/C32H39NSi/c1-20(2)26-11-10-12-27(21(3)4)32(26)29-19-31(24-16-22(5)15-23(6)17-24)33-30-14-13-25(18-28(29)30)34(7,8)9/h10-21H,1-9H3. The van der Waals surface area contributed by atoms with Crippen LogP contribution in [0.2, 0.25) is 19.6 Å². The highest BCUT2D eigenvalue weighted by Gasteiger charge is 2.22. The van der Waals surface area contributed by atoms with Crippen molar-refractivity contribution in [3.63, 3.8) is 0 Å². The van der Waals surface area contributed by atoms with Crippen LogP contribution in [-0.2, 0) is 0 Å². The summed E-state index contributed by atoms with van der Waals surface area (Å²) in [5, 5.41) is 2.76. The molecule has 0 fully saturated rings. The van der Waals surface area contributed by atoms with Crippen LogP contribution in [0, 0.1) is 13.8 Å². The fourth-order valence-corrected chi connectivity index (χ4v) is 6.19. The number of aryl methyl sites for hydroxylation is 2. The summed E-state index contributed by atoms with van der Waals surface area (Å²) in [6, 6.07) is 23.0. The van der Waals surface area contributed by atoms with Gasteiger partial charge in [0.2, 0.25) is 0 Å². The van der Waals surface area contributed by atoms with E-state index >= 15 is 0 Å². The number of aromatic nitrogens is 1. The van der Waals surface area contributed by atoms with E-state index in [1.807, 2.05) is 0 Å². The summed E-state index contributed by atoms with van der Waals surface area (Å²) in [6.07, 6.45) is 0. The molecule has 0 saturated heterocycles. The van der Waals surface area contributed by atoms with Crippen LogP contribution in [0.5, 0.6) is 0 Å². The van der Waals surface area contributed by atoms with Crippen LogP contribution in [0.4, 0.5) is 0 Å². The lowest BCUT2D eigenvalue weighted by Crippen LogP contribution is -2.37. The lowest BCUT2D eigenvalue weighted by Gasteiger charge is -2.23. The molecule has 1 aromatic heterocycles. The van der Waals surface area contributed by atoms with Crippen molar-refractivity contribution in [1.29, 1.82) is 0 Å². The summed E-state index contributed by atoms with van der Waals surface area (Å²) >= 11 is 0. The minimum atomic E-state index is -1.47. The van der Waals surface area contributed by atoms with Gasteiger partial charge in [0.15, 0.2) is 0 Å². The average Bonchev–Trinajstić information content (AvgIpc) is 2.76. The van der Waals surface area contributed by atoms with Crippen LogP contribution >= 0.6 is 0 Å². The van der Waals surface area contributed by atoms with Crippen molar-refractivity contribution in [2.24, 2.45) is 0 Å². The smallest absolute Gasteiger partial charge is 0.0776 e. The maximum atomic E-state index is 5.20.